The topological polar surface area (TPSA) is 144 Å². The number of aliphatic carboxylic acids is 2. The van der Waals surface area contributed by atoms with Crippen molar-refractivity contribution in [2.24, 2.45) is 11.5 Å². The predicted molar refractivity (Wildman–Crippen MR) is 67.8 cm³/mol. The number of carboxylic acid groups (broad SMARTS) is 2. The minimum absolute atomic E-state index is 0.505. The van der Waals surface area contributed by atoms with Gasteiger partial charge < -0.3 is 21.7 Å². The number of hydrogen-bond donors (Lipinski definition) is 4. The minimum atomic E-state index is -4.54. The van der Waals surface area contributed by atoms with Crippen molar-refractivity contribution < 1.29 is 37.8 Å². The van der Waals surface area contributed by atoms with Crippen LogP contribution in [0.2, 0.25) is 0 Å². The number of alkyl halides is 3. The van der Waals surface area contributed by atoms with Crippen molar-refractivity contribution in [1.82, 2.24) is 0 Å². The molecule has 0 saturated carbocycles. The minimum Gasteiger partial charge on any atom is -0.481 e. The van der Waals surface area contributed by atoms with E-state index < -0.39 is 47.6 Å². The molecule has 1 rings (SSSR count). The first-order chi connectivity index (χ1) is 9.96. The molecule has 1 unspecified atom stereocenters. The number of amides is 1. The smallest absolute Gasteiger partial charge is 0.417 e. The molecule has 1 atom stereocenters. The highest BCUT2D eigenvalue weighted by Gasteiger charge is 2.34. The van der Waals surface area contributed by atoms with Crippen LogP contribution in [0.3, 0.4) is 0 Å². The van der Waals surface area contributed by atoms with Crippen molar-refractivity contribution in [2.75, 3.05) is 0 Å². The van der Waals surface area contributed by atoms with Crippen molar-refractivity contribution in [3.63, 3.8) is 0 Å². The number of benzene rings is 1. The van der Waals surface area contributed by atoms with Crippen LogP contribution in [-0.4, -0.2) is 34.1 Å². The van der Waals surface area contributed by atoms with E-state index in [1.54, 1.807) is 0 Å². The summed E-state index contributed by atoms with van der Waals surface area (Å²) in [7, 11) is 0. The largest absolute Gasteiger partial charge is 0.481 e. The number of hydrogen-bond acceptors (Lipinski definition) is 4. The van der Waals surface area contributed by atoms with Crippen LogP contribution in [0, 0.1) is 0 Å². The van der Waals surface area contributed by atoms with Gasteiger partial charge in [0.1, 0.15) is 6.04 Å². The number of carboxylic acids is 2. The molecule has 0 heterocycles. The Bertz CT molecular complexity index is 560. The van der Waals surface area contributed by atoms with Crippen LogP contribution < -0.4 is 11.5 Å². The Balaban J connectivity index is 0.000000433. The summed E-state index contributed by atoms with van der Waals surface area (Å²) < 4.78 is 36.6. The zero-order valence-corrected chi connectivity index (χ0v) is 11.0. The molecule has 10 heteroatoms. The van der Waals surface area contributed by atoms with Crippen molar-refractivity contribution in [3.8, 4) is 0 Å². The monoisotopic (exact) mass is 322 g/mol. The Hall–Kier alpha value is -2.62. The van der Waals surface area contributed by atoms with E-state index in [2.05, 4.69) is 0 Å². The Morgan fingerprint density at radius 2 is 1.64 bits per heavy atom. The number of carbonyl (C=O) groups is 3. The lowest BCUT2D eigenvalue weighted by molar-refractivity contribution is -0.144. The van der Waals surface area contributed by atoms with Gasteiger partial charge >= 0.3 is 18.1 Å². The van der Waals surface area contributed by atoms with Crippen LogP contribution in [0.15, 0.2) is 24.3 Å². The summed E-state index contributed by atoms with van der Waals surface area (Å²) in [4.78, 5) is 30.2. The maximum atomic E-state index is 12.2. The van der Waals surface area contributed by atoms with Gasteiger partial charge in [-0.25, -0.2) is 0 Å². The number of nitrogens with two attached hydrogens (primary N) is 2. The molecule has 0 bridgehead atoms. The summed E-state index contributed by atoms with van der Waals surface area (Å²) in [6.07, 6.45) is -5.07. The Morgan fingerprint density at radius 3 is 1.91 bits per heavy atom. The second-order valence-electron chi connectivity index (χ2n) is 3.95. The number of rotatable bonds is 4. The summed E-state index contributed by atoms with van der Waals surface area (Å²) >= 11 is 0. The van der Waals surface area contributed by atoms with Crippen LogP contribution in [0.1, 0.15) is 22.3 Å². The molecular weight excluding hydrogens is 309 g/mol. The predicted octanol–water partition coefficient (Wildman–Crippen LogP) is 0.677. The van der Waals surface area contributed by atoms with Crippen LogP contribution in [-0.2, 0) is 15.8 Å². The van der Waals surface area contributed by atoms with Gasteiger partial charge in [0, 0.05) is 0 Å². The fourth-order valence-electron chi connectivity index (χ4n) is 1.22. The SMILES string of the molecule is NC(=O)c1ccccc1C(F)(F)F.NC(CC(=O)O)C(=O)O. The molecule has 0 aromatic heterocycles. The standard InChI is InChI=1S/C8H6F3NO.C4H7NO4/c9-8(10,11)6-4-2-1-3-5(6)7(12)13;5-2(4(8)9)1-3(6)7/h1-4H,(H2,12,13);2H,1,5H2,(H,6,7)(H,8,9). The van der Waals surface area contributed by atoms with E-state index in [0.717, 1.165) is 12.1 Å². The molecule has 6 N–H and O–H groups in total. The lowest BCUT2D eigenvalue weighted by Crippen LogP contribution is -2.32. The summed E-state index contributed by atoms with van der Waals surface area (Å²) in [5, 5.41) is 16.0. The van der Waals surface area contributed by atoms with Gasteiger partial charge in [-0.1, -0.05) is 12.1 Å². The maximum Gasteiger partial charge on any atom is 0.417 e. The second kappa shape index (κ2) is 7.98. The maximum absolute atomic E-state index is 12.2. The summed E-state index contributed by atoms with van der Waals surface area (Å²) in [5.41, 5.74) is 8.11. The molecule has 22 heavy (non-hydrogen) atoms. The van der Waals surface area contributed by atoms with E-state index in [4.69, 9.17) is 21.7 Å². The molecule has 0 aliphatic carbocycles. The summed E-state index contributed by atoms with van der Waals surface area (Å²) in [5.74, 6) is -3.57. The third-order valence-electron chi connectivity index (χ3n) is 2.21. The third-order valence-corrected chi connectivity index (χ3v) is 2.21. The molecule has 0 radical (unpaired) electrons. The van der Waals surface area contributed by atoms with E-state index in [0.29, 0.717) is 0 Å². The second-order valence-corrected chi connectivity index (χ2v) is 3.95. The quantitative estimate of drug-likeness (QED) is 0.641. The van der Waals surface area contributed by atoms with Gasteiger partial charge in [-0.3, -0.25) is 14.4 Å². The van der Waals surface area contributed by atoms with Crippen molar-refractivity contribution >= 4 is 17.8 Å². The van der Waals surface area contributed by atoms with Crippen LogP contribution in [0.5, 0.6) is 0 Å². The van der Waals surface area contributed by atoms with Gasteiger partial charge in [-0.05, 0) is 12.1 Å². The molecule has 0 fully saturated rings. The molecule has 1 aromatic carbocycles. The molecule has 0 spiro atoms. The Labute approximate surface area is 122 Å². The van der Waals surface area contributed by atoms with Gasteiger partial charge in [-0.15, -0.1) is 0 Å². The summed E-state index contributed by atoms with van der Waals surface area (Å²) in [6, 6.07) is 3.11. The van der Waals surface area contributed by atoms with Gasteiger partial charge in [0.05, 0.1) is 17.5 Å². The number of carbonyl (C=O) groups excluding carboxylic acids is 1. The van der Waals surface area contributed by atoms with Crippen molar-refractivity contribution in [1.29, 1.82) is 0 Å². The van der Waals surface area contributed by atoms with E-state index >= 15 is 0 Å². The lowest BCUT2D eigenvalue weighted by atomic mass is 10.1. The fourth-order valence-corrected chi connectivity index (χ4v) is 1.22. The molecule has 1 amide bonds. The lowest BCUT2D eigenvalue weighted by Gasteiger charge is -2.09. The molecule has 0 aliphatic heterocycles. The average Bonchev–Trinajstić information content (AvgIpc) is 2.37. The number of primary amides is 1. The first-order valence-electron chi connectivity index (χ1n) is 5.63. The third kappa shape index (κ3) is 6.70. The van der Waals surface area contributed by atoms with Crippen molar-refractivity contribution in [3.05, 3.63) is 35.4 Å². The molecule has 1 aromatic rings. The summed E-state index contributed by atoms with van der Waals surface area (Å²) in [6.45, 7) is 0. The van der Waals surface area contributed by atoms with E-state index in [-0.39, 0.29) is 0 Å². The fraction of sp³-hybridized carbons (Fsp3) is 0.250. The molecule has 0 saturated heterocycles. The average molecular weight is 322 g/mol. The molecular formula is C12H13F3N2O5. The van der Waals surface area contributed by atoms with Gasteiger partial charge in [-0.2, -0.15) is 13.2 Å². The van der Waals surface area contributed by atoms with Crippen molar-refractivity contribution in [2.45, 2.75) is 18.6 Å². The molecule has 0 aliphatic rings. The Kier molecular flexibility index (Phi) is 7.03. The zero-order chi connectivity index (χ0) is 17.5. The molecule has 7 nitrogen and oxygen atoms in total. The van der Waals surface area contributed by atoms with Gasteiger partial charge in [0.15, 0.2) is 0 Å². The first-order valence-corrected chi connectivity index (χ1v) is 5.63. The molecule has 122 valence electrons. The van der Waals surface area contributed by atoms with Gasteiger partial charge in [0.25, 0.3) is 0 Å². The number of halogens is 3. The highest BCUT2D eigenvalue weighted by molar-refractivity contribution is 5.94. The van der Waals surface area contributed by atoms with Gasteiger partial charge in [0.2, 0.25) is 5.91 Å². The highest BCUT2D eigenvalue weighted by Crippen LogP contribution is 2.31. The van der Waals surface area contributed by atoms with Crippen LogP contribution >= 0.6 is 0 Å². The Morgan fingerprint density at radius 1 is 1.14 bits per heavy atom. The van der Waals surface area contributed by atoms with E-state index in [1.165, 1.54) is 12.1 Å². The van der Waals surface area contributed by atoms with Crippen LogP contribution in [0.4, 0.5) is 13.2 Å². The first kappa shape index (κ1) is 19.4. The van der Waals surface area contributed by atoms with E-state index in [1.807, 2.05) is 0 Å². The normalized spacial score (nSPS) is 11.8. The zero-order valence-electron chi connectivity index (χ0n) is 11.0. The highest BCUT2D eigenvalue weighted by atomic mass is 19.4. The van der Waals surface area contributed by atoms with E-state index in [9.17, 15) is 27.6 Å². The van der Waals surface area contributed by atoms with Crippen LogP contribution in [0.25, 0.3) is 0 Å².